The van der Waals surface area contributed by atoms with Crippen LogP contribution in [-0.4, -0.2) is 0 Å². The molecule has 0 heterocycles. The lowest BCUT2D eigenvalue weighted by Crippen LogP contribution is -1.98. The summed E-state index contributed by atoms with van der Waals surface area (Å²) in [5.74, 6) is 1.52. The maximum Gasteiger partial charge on any atom is -0.0239 e. The monoisotopic (exact) mass is 172 g/mol. The Bertz CT molecular complexity index is 70.1. The Morgan fingerprint density at radius 3 is 1.25 bits per heavy atom. The van der Waals surface area contributed by atoms with E-state index in [4.69, 9.17) is 0 Å². The molecule has 0 aliphatic heterocycles. The highest BCUT2D eigenvalue weighted by Gasteiger charge is 1.99. The molecule has 0 saturated carbocycles. The summed E-state index contributed by atoms with van der Waals surface area (Å²) in [5, 5.41) is 0. The Hall–Kier alpha value is -0.260. The molecular formula is C12H28. The predicted octanol–water partition coefficient (Wildman–Crippen LogP) is 4.91. The summed E-state index contributed by atoms with van der Waals surface area (Å²) < 4.78 is 0. The fourth-order valence-corrected chi connectivity index (χ4v) is 0.526. The van der Waals surface area contributed by atoms with E-state index in [-0.39, 0.29) is 0 Å². The molecule has 0 N–H and O–H groups in total. The SMILES string of the molecule is C/C=C\C(C)C(C)C.CC.CC. The van der Waals surface area contributed by atoms with Crippen LogP contribution in [-0.2, 0) is 0 Å². The van der Waals surface area contributed by atoms with Crippen LogP contribution in [0.25, 0.3) is 0 Å². The Balaban J connectivity index is -0.000000175. The molecule has 0 saturated heterocycles. The summed E-state index contributed by atoms with van der Waals surface area (Å²) in [6, 6.07) is 0. The molecule has 0 bridgehead atoms. The first-order valence-corrected chi connectivity index (χ1v) is 5.31. The summed E-state index contributed by atoms with van der Waals surface area (Å²) in [6.07, 6.45) is 4.36. The molecule has 0 aromatic heterocycles. The van der Waals surface area contributed by atoms with Gasteiger partial charge in [0, 0.05) is 0 Å². The van der Waals surface area contributed by atoms with Gasteiger partial charge in [0.25, 0.3) is 0 Å². The smallest absolute Gasteiger partial charge is 0.0239 e. The second-order valence-electron chi connectivity index (χ2n) is 2.63. The Morgan fingerprint density at radius 2 is 1.17 bits per heavy atom. The van der Waals surface area contributed by atoms with Gasteiger partial charge in [-0.25, -0.2) is 0 Å². The van der Waals surface area contributed by atoms with Crippen molar-refractivity contribution in [3.8, 4) is 0 Å². The Morgan fingerprint density at radius 1 is 0.833 bits per heavy atom. The van der Waals surface area contributed by atoms with E-state index in [1.807, 2.05) is 27.7 Å². The summed E-state index contributed by atoms with van der Waals surface area (Å²) >= 11 is 0. The van der Waals surface area contributed by atoms with Crippen LogP contribution in [0.1, 0.15) is 55.4 Å². The zero-order valence-corrected chi connectivity index (χ0v) is 10.3. The lowest BCUT2D eigenvalue weighted by Gasteiger charge is -2.08. The van der Waals surface area contributed by atoms with Crippen molar-refractivity contribution in [1.82, 2.24) is 0 Å². The molecule has 0 rings (SSSR count). The molecule has 0 aromatic carbocycles. The van der Waals surface area contributed by atoms with Gasteiger partial charge >= 0.3 is 0 Å². The second kappa shape index (κ2) is 17.0. The number of rotatable bonds is 2. The van der Waals surface area contributed by atoms with Gasteiger partial charge < -0.3 is 0 Å². The number of hydrogen-bond acceptors (Lipinski definition) is 0. The molecule has 1 atom stereocenters. The average molecular weight is 172 g/mol. The lowest BCUT2D eigenvalue weighted by molar-refractivity contribution is 0.504. The van der Waals surface area contributed by atoms with Crippen LogP contribution < -0.4 is 0 Å². The molecule has 0 spiro atoms. The fraction of sp³-hybridized carbons (Fsp3) is 0.833. The molecule has 0 radical (unpaired) electrons. The van der Waals surface area contributed by atoms with E-state index in [9.17, 15) is 0 Å². The zero-order valence-electron chi connectivity index (χ0n) is 10.3. The van der Waals surface area contributed by atoms with Crippen molar-refractivity contribution in [2.24, 2.45) is 11.8 Å². The van der Waals surface area contributed by atoms with Crippen LogP contribution >= 0.6 is 0 Å². The molecule has 0 aliphatic rings. The molecule has 0 nitrogen and oxygen atoms in total. The van der Waals surface area contributed by atoms with E-state index in [1.54, 1.807) is 0 Å². The van der Waals surface area contributed by atoms with E-state index < -0.39 is 0 Å². The molecule has 12 heavy (non-hydrogen) atoms. The standard InChI is InChI=1S/C8H16.2C2H6/c1-5-6-8(4)7(2)3;2*1-2/h5-8H,1-4H3;2*1-2H3/b6-5-;;. The van der Waals surface area contributed by atoms with Crippen LogP contribution in [0.3, 0.4) is 0 Å². The van der Waals surface area contributed by atoms with Gasteiger partial charge in [-0.05, 0) is 18.8 Å². The molecule has 0 amide bonds. The molecule has 0 aromatic rings. The van der Waals surface area contributed by atoms with E-state index >= 15 is 0 Å². The third-order valence-electron chi connectivity index (χ3n) is 1.55. The van der Waals surface area contributed by atoms with Crippen LogP contribution in [0, 0.1) is 11.8 Å². The highest BCUT2D eigenvalue weighted by atomic mass is 14.0. The third kappa shape index (κ3) is 16.4. The molecule has 0 aliphatic carbocycles. The van der Waals surface area contributed by atoms with Crippen LogP contribution in [0.5, 0.6) is 0 Å². The molecule has 1 unspecified atom stereocenters. The lowest BCUT2D eigenvalue weighted by atomic mass is 9.98. The van der Waals surface area contributed by atoms with Gasteiger partial charge in [-0.2, -0.15) is 0 Å². The van der Waals surface area contributed by atoms with E-state index in [0.29, 0.717) is 0 Å². The van der Waals surface area contributed by atoms with Crippen molar-refractivity contribution in [3.63, 3.8) is 0 Å². The van der Waals surface area contributed by atoms with Crippen molar-refractivity contribution < 1.29 is 0 Å². The van der Waals surface area contributed by atoms with Gasteiger partial charge in [-0.15, -0.1) is 0 Å². The normalized spacial score (nSPS) is 11.4. The summed E-state index contributed by atoms with van der Waals surface area (Å²) in [4.78, 5) is 0. The fourth-order valence-electron chi connectivity index (χ4n) is 0.526. The molecular weight excluding hydrogens is 144 g/mol. The average Bonchev–Trinajstić information content (AvgIpc) is 2.12. The maximum atomic E-state index is 2.24. The minimum Gasteiger partial charge on any atom is -0.0914 e. The summed E-state index contributed by atoms with van der Waals surface area (Å²) in [6.45, 7) is 16.8. The molecule has 0 heteroatoms. The van der Waals surface area contributed by atoms with Crippen LogP contribution in [0.4, 0.5) is 0 Å². The van der Waals surface area contributed by atoms with Gasteiger partial charge in [0.1, 0.15) is 0 Å². The van der Waals surface area contributed by atoms with Crippen molar-refractivity contribution in [2.45, 2.75) is 55.4 Å². The van der Waals surface area contributed by atoms with Crippen molar-refractivity contribution in [3.05, 3.63) is 12.2 Å². The topological polar surface area (TPSA) is 0 Å². The van der Waals surface area contributed by atoms with Crippen molar-refractivity contribution >= 4 is 0 Å². The summed E-state index contributed by atoms with van der Waals surface area (Å²) in [7, 11) is 0. The zero-order chi connectivity index (χ0) is 10.6. The number of hydrogen-bond donors (Lipinski definition) is 0. The first-order valence-electron chi connectivity index (χ1n) is 5.31. The second-order valence-corrected chi connectivity index (χ2v) is 2.63. The summed E-state index contributed by atoms with van der Waals surface area (Å²) in [5.41, 5.74) is 0. The highest BCUT2D eigenvalue weighted by molar-refractivity contribution is 4.84. The van der Waals surface area contributed by atoms with Crippen molar-refractivity contribution in [2.75, 3.05) is 0 Å². The minimum atomic E-state index is 0.736. The van der Waals surface area contributed by atoms with Crippen LogP contribution in [0.2, 0.25) is 0 Å². The molecule has 76 valence electrons. The van der Waals surface area contributed by atoms with Crippen LogP contribution in [0.15, 0.2) is 12.2 Å². The van der Waals surface area contributed by atoms with E-state index in [0.717, 1.165) is 11.8 Å². The first kappa shape index (κ1) is 17.7. The quantitative estimate of drug-likeness (QED) is 0.519. The third-order valence-corrected chi connectivity index (χ3v) is 1.55. The Kier molecular flexibility index (Phi) is 25.1. The van der Waals surface area contributed by atoms with E-state index in [2.05, 4.69) is 39.8 Å². The highest BCUT2D eigenvalue weighted by Crippen LogP contribution is 2.09. The van der Waals surface area contributed by atoms with Gasteiger partial charge in [-0.1, -0.05) is 60.6 Å². The first-order chi connectivity index (χ1) is 5.68. The van der Waals surface area contributed by atoms with Gasteiger partial charge in [0.2, 0.25) is 0 Å². The molecule has 0 fully saturated rings. The maximum absolute atomic E-state index is 2.24. The van der Waals surface area contributed by atoms with Gasteiger partial charge in [0.05, 0.1) is 0 Å². The van der Waals surface area contributed by atoms with E-state index in [1.165, 1.54) is 0 Å². The van der Waals surface area contributed by atoms with Gasteiger partial charge in [-0.3, -0.25) is 0 Å². The van der Waals surface area contributed by atoms with Crippen molar-refractivity contribution in [1.29, 1.82) is 0 Å². The Labute approximate surface area is 80.1 Å². The number of allylic oxidation sites excluding steroid dienone is 2. The minimum absolute atomic E-state index is 0.736. The largest absolute Gasteiger partial charge is 0.0914 e. The predicted molar refractivity (Wildman–Crippen MR) is 61.5 cm³/mol. The van der Waals surface area contributed by atoms with Gasteiger partial charge in [0.15, 0.2) is 0 Å².